The van der Waals surface area contributed by atoms with E-state index in [9.17, 15) is 9.90 Å². The van der Waals surface area contributed by atoms with Crippen molar-refractivity contribution in [3.63, 3.8) is 0 Å². The molecule has 1 heterocycles. The van der Waals surface area contributed by atoms with Crippen molar-refractivity contribution in [1.82, 2.24) is 9.80 Å². The van der Waals surface area contributed by atoms with E-state index < -0.39 is 5.60 Å². The number of amides is 1. The van der Waals surface area contributed by atoms with Crippen LogP contribution in [-0.2, 0) is 11.3 Å². The molecule has 0 aliphatic carbocycles. The van der Waals surface area contributed by atoms with Crippen molar-refractivity contribution in [2.45, 2.75) is 58.3 Å². The third-order valence-corrected chi connectivity index (χ3v) is 4.27. The highest BCUT2D eigenvalue weighted by Gasteiger charge is 2.35. The van der Waals surface area contributed by atoms with Gasteiger partial charge in [0.05, 0.1) is 0 Å². The molecule has 1 aromatic rings. The lowest BCUT2D eigenvalue weighted by molar-refractivity contribution is -0.0181. The number of hydrogen-bond acceptors (Lipinski definition) is 4. The van der Waals surface area contributed by atoms with Gasteiger partial charge in [0.25, 0.3) is 0 Å². The Balaban J connectivity index is 2.07. The summed E-state index contributed by atoms with van der Waals surface area (Å²) in [6.07, 6.45) is 0.385. The lowest BCUT2D eigenvalue weighted by Crippen LogP contribution is -2.59. The molecule has 0 aromatic heterocycles. The topological polar surface area (TPSA) is 53.0 Å². The normalized spacial score (nSPS) is 22.5. The largest absolute Gasteiger partial charge is 0.444 e. The van der Waals surface area contributed by atoms with E-state index in [-0.39, 0.29) is 24.8 Å². The van der Waals surface area contributed by atoms with Crippen LogP contribution in [0.2, 0.25) is 0 Å². The van der Waals surface area contributed by atoms with Crippen molar-refractivity contribution in [2.75, 3.05) is 19.7 Å². The van der Waals surface area contributed by atoms with Crippen LogP contribution in [0.4, 0.5) is 4.79 Å². The van der Waals surface area contributed by atoms with Crippen molar-refractivity contribution in [2.24, 2.45) is 0 Å². The first kappa shape index (κ1) is 18.7. The van der Waals surface area contributed by atoms with Gasteiger partial charge in [0.1, 0.15) is 5.60 Å². The van der Waals surface area contributed by atoms with Crippen LogP contribution in [-0.4, -0.2) is 58.4 Å². The van der Waals surface area contributed by atoms with E-state index >= 15 is 0 Å². The van der Waals surface area contributed by atoms with Crippen LogP contribution >= 0.6 is 0 Å². The van der Waals surface area contributed by atoms with Gasteiger partial charge in [-0.15, -0.1) is 0 Å². The average Bonchev–Trinajstić information content (AvgIpc) is 2.49. The molecule has 1 saturated heterocycles. The Hall–Kier alpha value is -1.59. The minimum absolute atomic E-state index is 0.0819. The summed E-state index contributed by atoms with van der Waals surface area (Å²) >= 11 is 0. The molecule has 1 N–H and O–H groups in total. The van der Waals surface area contributed by atoms with Crippen LogP contribution in [0.5, 0.6) is 0 Å². The quantitative estimate of drug-likeness (QED) is 0.920. The van der Waals surface area contributed by atoms with Gasteiger partial charge in [-0.3, -0.25) is 4.90 Å². The van der Waals surface area contributed by atoms with Gasteiger partial charge in [-0.1, -0.05) is 30.3 Å². The van der Waals surface area contributed by atoms with E-state index in [2.05, 4.69) is 24.0 Å². The van der Waals surface area contributed by atoms with Crippen molar-refractivity contribution in [3.8, 4) is 0 Å². The maximum Gasteiger partial charge on any atom is 0.410 e. The number of aliphatic hydroxyl groups is 1. The molecule has 5 nitrogen and oxygen atoms in total. The minimum atomic E-state index is -0.496. The Morgan fingerprint density at radius 3 is 2.50 bits per heavy atom. The Kier molecular flexibility index (Phi) is 6.24. The first-order chi connectivity index (χ1) is 11.3. The zero-order valence-corrected chi connectivity index (χ0v) is 15.2. The summed E-state index contributed by atoms with van der Waals surface area (Å²) in [5.41, 5.74) is 0.753. The number of carbonyl (C=O) groups is 1. The zero-order valence-electron chi connectivity index (χ0n) is 15.2. The molecule has 134 valence electrons. The second kappa shape index (κ2) is 7.99. The predicted octanol–water partition coefficient (Wildman–Crippen LogP) is 2.88. The maximum absolute atomic E-state index is 12.5. The summed E-state index contributed by atoms with van der Waals surface area (Å²) in [4.78, 5) is 16.6. The summed E-state index contributed by atoms with van der Waals surface area (Å²) in [5, 5.41) is 9.42. The smallest absolute Gasteiger partial charge is 0.410 e. The third kappa shape index (κ3) is 5.21. The zero-order chi connectivity index (χ0) is 17.7. The SMILES string of the molecule is C[C@@H]1CN(Cc2ccccc2)[C@@H](CCO)CN1C(=O)OC(C)(C)C. The molecule has 0 saturated carbocycles. The maximum atomic E-state index is 12.5. The summed E-state index contributed by atoms with van der Waals surface area (Å²) in [6, 6.07) is 10.5. The molecule has 1 aromatic carbocycles. The molecular formula is C19H30N2O3. The lowest BCUT2D eigenvalue weighted by atomic mass is 10.0. The van der Waals surface area contributed by atoms with Crippen molar-refractivity contribution < 1.29 is 14.6 Å². The van der Waals surface area contributed by atoms with E-state index in [0.717, 1.165) is 13.1 Å². The molecule has 2 atom stereocenters. The second-order valence-corrected chi connectivity index (χ2v) is 7.56. The minimum Gasteiger partial charge on any atom is -0.444 e. The van der Waals surface area contributed by atoms with Gasteiger partial charge in [-0.25, -0.2) is 4.79 Å². The molecule has 1 aliphatic rings. The van der Waals surface area contributed by atoms with Crippen LogP contribution in [0.25, 0.3) is 0 Å². The van der Waals surface area contributed by atoms with Crippen molar-refractivity contribution in [1.29, 1.82) is 0 Å². The fourth-order valence-corrected chi connectivity index (χ4v) is 3.12. The number of hydrogen-bond donors (Lipinski definition) is 1. The fourth-order valence-electron chi connectivity index (χ4n) is 3.12. The molecule has 1 aliphatic heterocycles. The van der Waals surface area contributed by atoms with Gasteiger partial charge >= 0.3 is 6.09 Å². The van der Waals surface area contributed by atoms with Crippen LogP contribution in [0, 0.1) is 0 Å². The third-order valence-electron chi connectivity index (χ3n) is 4.27. The number of ether oxygens (including phenoxy) is 1. The van der Waals surface area contributed by atoms with Gasteiger partial charge in [0, 0.05) is 38.3 Å². The molecule has 24 heavy (non-hydrogen) atoms. The van der Waals surface area contributed by atoms with Crippen LogP contribution in [0.1, 0.15) is 39.7 Å². The Morgan fingerprint density at radius 2 is 1.92 bits per heavy atom. The molecule has 1 amide bonds. The molecule has 1 fully saturated rings. The summed E-state index contributed by atoms with van der Waals surface area (Å²) in [5.74, 6) is 0. The molecular weight excluding hydrogens is 304 g/mol. The Morgan fingerprint density at radius 1 is 1.25 bits per heavy atom. The molecule has 2 rings (SSSR count). The highest BCUT2D eigenvalue weighted by Crippen LogP contribution is 2.22. The number of piperazine rings is 1. The van der Waals surface area contributed by atoms with Crippen LogP contribution < -0.4 is 0 Å². The molecule has 0 unspecified atom stereocenters. The van der Waals surface area contributed by atoms with E-state index in [1.54, 1.807) is 4.90 Å². The summed E-state index contributed by atoms with van der Waals surface area (Å²) in [7, 11) is 0. The molecule has 5 heteroatoms. The summed E-state index contributed by atoms with van der Waals surface area (Å²) < 4.78 is 5.53. The number of nitrogens with zero attached hydrogens (tertiary/aromatic N) is 2. The molecule has 0 spiro atoms. The highest BCUT2D eigenvalue weighted by atomic mass is 16.6. The average molecular weight is 334 g/mol. The standard InChI is InChI=1S/C19H30N2O3/c1-15-12-20(13-16-8-6-5-7-9-16)17(10-11-22)14-21(15)18(23)24-19(2,3)4/h5-9,15,17,22H,10-14H2,1-4H3/t15-,17+/m1/s1. The van der Waals surface area contributed by atoms with Gasteiger partial charge in [0.2, 0.25) is 0 Å². The monoisotopic (exact) mass is 334 g/mol. The van der Waals surface area contributed by atoms with E-state index in [1.165, 1.54) is 5.56 Å². The number of benzene rings is 1. The summed E-state index contributed by atoms with van der Waals surface area (Å²) in [6.45, 7) is 10.0. The highest BCUT2D eigenvalue weighted by molar-refractivity contribution is 5.68. The van der Waals surface area contributed by atoms with Crippen LogP contribution in [0.15, 0.2) is 30.3 Å². The van der Waals surface area contributed by atoms with Crippen molar-refractivity contribution in [3.05, 3.63) is 35.9 Å². The Bertz CT molecular complexity index is 527. The Labute approximate surface area is 145 Å². The van der Waals surface area contributed by atoms with E-state index in [0.29, 0.717) is 13.0 Å². The molecule has 0 bridgehead atoms. The lowest BCUT2D eigenvalue weighted by Gasteiger charge is -2.45. The van der Waals surface area contributed by atoms with E-state index in [4.69, 9.17) is 4.74 Å². The van der Waals surface area contributed by atoms with Gasteiger partial charge in [-0.05, 0) is 39.7 Å². The van der Waals surface area contributed by atoms with E-state index in [1.807, 2.05) is 39.0 Å². The number of rotatable bonds is 4. The number of carbonyl (C=O) groups excluding carboxylic acids is 1. The first-order valence-electron chi connectivity index (χ1n) is 8.68. The molecule has 0 radical (unpaired) electrons. The van der Waals surface area contributed by atoms with Crippen molar-refractivity contribution >= 4 is 6.09 Å². The van der Waals surface area contributed by atoms with Crippen LogP contribution in [0.3, 0.4) is 0 Å². The van der Waals surface area contributed by atoms with Gasteiger partial charge in [0.15, 0.2) is 0 Å². The first-order valence-corrected chi connectivity index (χ1v) is 8.68. The fraction of sp³-hybridized carbons (Fsp3) is 0.632. The van der Waals surface area contributed by atoms with Gasteiger partial charge < -0.3 is 14.7 Å². The van der Waals surface area contributed by atoms with Gasteiger partial charge in [-0.2, -0.15) is 0 Å². The predicted molar refractivity (Wildman–Crippen MR) is 94.7 cm³/mol. The number of aliphatic hydroxyl groups excluding tert-OH is 1. The second-order valence-electron chi connectivity index (χ2n) is 7.56.